The van der Waals surface area contributed by atoms with Crippen LogP contribution >= 0.6 is 0 Å². The highest BCUT2D eigenvalue weighted by atomic mass is 16.4. The van der Waals surface area contributed by atoms with Gasteiger partial charge in [0.25, 0.3) is 0 Å². The second-order valence-electron chi connectivity index (χ2n) is 23.8. The summed E-state index contributed by atoms with van der Waals surface area (Å²) in [7, 11) is 0. The molecule has 0 radical (unpaired) electrons. The van der Waals surface area contributed by atoms with E-state index in [4.69, 9.17) is 8.83 Å². The van der Waals surface area contributed by atoms with Crippen LogP contribution in [0.3, 0.4) is 0 Å². The van der Waals surface area contributed by atoms with Gasteiger partial charge < -0.3 is 18.6 Å². The molecule has 2 heterocycles. The van der Waals surface area contributed by atoms with Crippen molar-refractivity contribution in [3.63, 3.8) is 0 Å². The Balaban J connectivity index is 1.05. The average Bonchev–Trinajstić information content (AvgIpc) is 3.70. The molecule has 0 aliphatic heterocycles. The van der Waals surface area contributed by atoms with Crippen LogP contribution in [-0.2, 0) is 10.8 Å². The molecule has 4 nitrogen and oxygen atoms in total. The zero-order valence-corrected chi connectivity index (χ0v) is 46.3. The average molecular weight is 1010 g/mol. The summed E-state index contributed by atoms with van der Waals surface area (Å²) in [6.45, 7) is 22.4. The maximum atomic E-state index is 7.30. The minimum absolute atomic E-state index is 0.00953. The lowest BCUT2D eigenvalue weighted by atomic mass is 9.86. The van der Waals surface area contributed by atoms with Crippen LogP contribution < -0.4 is 9.80 Å². The number of hydrogen-bond donors (Lipinski definition) is 0. The molecule has 2 aromatic heterocycles. The van der Waals surface area contributed by atoms with Crippen LogP contribution in [0.15, 0.2) is 215 Å². The molecule has 0 fully saturated rings. The monoisotopic (exact) mass is 1010 g/mol. The number of benzene rings is 11. The van der Waals surface area contributed by atoms with E-state index in [9.17, 15) is 0 Å². The van der Waals surface area contributed by atoms with E-state index in [1.807, 2.05) is 0 Å². The minimum atomic E-state index is -0.00953. The van der Waals surface area contributed by atoms with Gasteiger partial charge in [-0.05, 0) is 202 Å². The van der Waals surface area contributed by atoms with Crippen molar-refractivity contribution in [3.05, 3.63) is 240 Å². The van der Waals surface area contributed by atoms with Gasteiger partial charge in [-0.15, -0.1) is 0 Å². The largest absolute Gasteiger partial charge is 0.452 e. The number of rotatable bonds is 8. The first-order valence-corrected chi connectivity index (χ1v) is 27.4. The minimum Gasteiger partial charge on any atom is -0.452 e. The fourth-order valence-electron chi connectivity index (χ4n) is 12.1. The van der Waals surface area contributed by atoms with Gasteiger partial charge in [0, 0.05) is 66.8 Å². The third-order valence-electron chi connectivity index (χ3n) is 15.7. The number of nitrogens with zero attached hydrogens (tertiary/aromatic N) is 2. The van der Waals surface area contributed by atoms with Crippen LogP contribution in [-0.4, -0.2) is 0 Å². The molecule has 0 aliphatic rings. The van der Waals surface area contributed by atoms with Crippen molar-refractivity contribution in [2.45, 2.75) is 80.1 Å². The van der Waals surface area contributed by atoms with Gasteiger partial charge in [-0.2, -0.15) is 0 Å². The molecule has 0 unspecified atom stereocenters. The van der Waals surface area contributed by atoms with Crippen molar-refractivity contribution in [1.29, 1.82) is 0 Å². The Morgan fingerprint density at radius 1 is 0.308 bits per heavy atom. The fraction of sp³-hybridized carbons (Fsp3) is 0.162. The molecule has 0 bridgehead atoms. The van der Waals surface area contributed by atoms with E-state index in [1.54, 1.807) is 0 Å². The Labute approximate surface area is 457 Å². The topological polar surface area (TPSA) is 32.8 Å². The molecule has 78 heavy (non-hydrogen) atoms. The molecule has 0 N–H and O–H groups in total. The highest BCUT2D eigenvalue weighted by Gasteiger charge is 2.28. The Kier molecular flexibility index (Phi) is 11.5. The maximum absolute atomic E-state index is 7.30. The summed E-state index contributed by atoms with van der Waals surface area (Å²) >= 11 is 0. The summed E-state index contributed by atoms with van der Waals surface area (Å²) < 4.78 is 14.6. The van der Waals surface area contributed by atoms with Gasteiger partial charge in [-0.1, -0.05) is 151 Å². The molecule has 0 saturated carbocycles. The molecular formula is C74H64N2O2. The van der Waals surface area contributed by atoms with E-state index in [1.165, 1.54) is 33.4 Å². The molecule has 11 aromatic carbocycles. The predicted molar refractivity (Wildman–Crippen MR) is 333 cm³/mol. The van der Waals surface area contributed by atoms with E-state index in [2.05, 4.69) is 285 Å². The van der Waals surface area contributed by atoms with Crippen LogP contribution in [0.4, 0.5) is 34.1 Å². The number of aryl methyl sites for hydroxylation is 4. The fourth-order valence-corrected chi connectivity index (χ4v) is 12.1. The lowest BCUT2D eigenvalue weighted by Crippen LogP contribution is -2.14. The zero-order valence-electron chi connectivity index (χ0n) is 46.3. The molecule has 13 rings (SSSR count). The zero-order chi connectivity index (χ0) is 53.8. The summed E-state index contributed by atoms with van der Waals surface area (Å²) in [4.78, 5) is 4.79. The molecule has 0 saturated heterocycles. The Morgan fingerprint density at radius 3 is 1.05 bits per heavy atom. The maximum Gasteiger partial charge on any atom is 0.179 e. The molecule has 4 heteroatoms. The van der Waals surface area contributed by atoms with Gasteiger partial charge in [-0.25, -0.2) is 0 Å². The SMILES string of the molecule is Cc1cc(C)cc(N(c2cccc(C(C)(C)C)c2)c2ccc3cc4c(cc3c2)oc2c3oc5cc6cc(N(c7cc(C)cc(C)c7)c7cccc(C(C)(C)C)c7)ccc6cc5c3c(-c3ccccc3)c(-c3ccccc3)c42)c1. The lowest BCUT2D eigenvalue weighted by Gasteiger charge is -2.28. The van der Waals surface area contributed by atoms with Crippen molar-refractivity contribution < 1.29 is 8.83 Å². The number of furan rings is 2. The molecule has 13 aromatic rings. The van der Waals surface area contributed by atoms with Crippen molar-refractivity contribution in [1.82, 2.24) is 0 Å². The normalized spacial score (nSPS) is 12.2. The summed E-state index contributed by atoms with van der Waals surface area (Å²) in [6.07, 6.45) is 0. The van der Waals surface area contributed by atoms with Gasteiger partial charge in [0.1, 0.15) is 11.2 Å². The van der Waals surface area contributed by atoms with Crippen LogP contribution in [0.5, 0.6) is 0 Å². The number of anilines is 6. The van der Waals surface area contributed by atoms with E-state index in [-0.39, 0.29) is 10.8 Å². The highest BCUT2D eigenvalue weighted by Crippen LogP contribution is 2.52. The lowest BCUT2D eigenvalue weighted by molar-refractivity contribution is 0.590. The van der Waals surface area contributed by atoms with E-state index < -0.39 is 0 Å². The first kappa shape index (κ1) is 48.8. The summed E-state index contributed by atoms with van der Waals surface area (Å²) in [5.74, 6) is 0. The highest BCUT2D eigenvalue weighted by molar-refractivity contribution is 6.31. The van der Waals surface area contributed by atoms with Crippen LogP contribution in [0, 0.1) is 27.7 Å². The quantitative estimate of drug-likeness (QED) is 0.152. The van der Waals surface area contributed by atoms with Crippen molar-refractivity contribution in [3.8, 4) is 22.3 Å². The molecule has 0 atom stereocenters. The second-order valence-corrected chi connectivity index (χ2v) is 23.8. The molecule has 0 amide bonds. The van der Waals surface area contributed by atoms with Crippen molar-refractivity contribution in [2.24, 2.45) is 0 Å². The first-order chi connectivity index (χ1) is 37.5. The second kappa shape index (κ2) is 18.4. The Hall–Kier alpha value is -8.86. The van der Waals surface area contributed by atoms with Gasteiger partial charge in [0.05, 0.1) is 0 Å². The third kappa shape index (κ3) is 8.57. The Bertz CT molecular complexity index is 4180. The third-order valence-corrected chi connectivity index (χ3v) is 15.7. The summed E-state index contributed by atoms with van der Waals surface area (Å²) in [5, 5.41) is 8.61. The van der Waals surface area contributed by atoms with Crippen LogP contribution in [0.25, 0.3) is 87.7 Å². The first-order valence-electron chi connectivity index (χ1n) is 27.4. The van der Waals surface area contributed by atoms with Gasteiger partial charge in [0.15, 0.2) is 11.2 Å². The predicted octanol–water partition coefficient (Wildman–Crippen LogP) is 21.9. The van der Waals surface area contributed by atoms with Crippen LogP contribution in [0.2, 0.25) is 0 Å². The number of fused-ring (bicyclic) bond motifs is 9. The van der Waals surface area contributed by atoms with Gasteiger partial charge in [-0.3, -0.25) is 0 Å². The molecule has 0 spiro atoms. The standard InChI is InChI=1S/C74H64N2O2/c1-45-31-46(2)34-61(33-45)75(57-25-17-23-55(43-57)73(5,6)7)59-29-27-51-39-63-65(41-53(51)37-59)77-71-69(63)67(49-19-13-11-14-20-49)68(50-21-15-12-16-22-50)70-64-40-52-28-30-60(38-54(52)42-66(64)78-72(70)71)76(62-35-47(3)32-48(4)36-62)58-26-18-24-56(44-58)74(8,9)10/h11-44H,1-10H3. The molecule has 0 aliphatic carbocycles. The molecule has 382 valence electrons. The van der Waals surface area contributed by atoms with Crippen molar-refractivity contribution >= 4 is 99.5 Å². The molecular weight excluding hydrogens is 949 g/mol. The van der Waals surface area contributed by atoms with E-state index >= 15 is 0 Å². The van der Waals surface area contributed by atoms with Crippen molar-refractivity contribution in [2.75, 3.05) is 9.80 Å². The summed E-state index contributed by atoms with van der Waals surface area (Å²) in [6, 6.07) is 76.1. The van der Waals surface area contributed by atoms with E-state index in [0.717, 1.165) is 122 Å². The van der Waals surface area contributed by atoms with Crippen LogP contribution in [0.1, 0.15) is 74.9 Å². The Morgan fingerprint density at radius 2 is 0.679 bits per heavy atom. The van der Waals surface area contributed by atoms with Gasteiger partial charge >= 0.3 is 0 Å². The smallest absolute Gasteiger partial charge is 0.179 e. The van der Waals surface area contributed by atoms with Gasteiger partial charge in [0.2, 0.25) is 0 Å². The summed E-state index contributed by atoms with van der Waals surface area (Å²) in [5.41, 5.74) is 21.7. The van der Waals surface area contributed by atoms with E-state index in [0.29, 0.717) is 0 Å². The number of hydrogen-bond acceptors (Lipinski definition) is 4.